The molecule has 22 heavy (non-hydrogen) atoms. The number of fused-ring (bicyclic) bond motifs is 2. The first-order valence-electron chi connectivity index (χ1n) is 7.86. The van der Waals surface area contributed by atoms with Crippen molar-refractivity contribution in [2.75, 3.05) is 13.7 Å². The van der Waals surface area contributed by atoms with E-state index in [1.807, 2.05) is 42.3 Å². The van der Waals surface area contributed by atoms with E-state index in [2.05, 4.69) is 5.32 Å². The van der Waals surface area contributed by atoms with E-state index in [0.29, 0.717) is 24.7 Å². The number of halogens is 1. The number of benzene rings is 1. The summed E-state index contributed by atoms with van der Waals surface area (Å²) in [5.74, 6) is 0.0947. The second-order valence-corrected chi connectivity index (χ2v) is 6.25. The number of nitrogens with one attached hydrogen (secondary N) is 1. The van der Waals surface area contributed by atoms with E-state index in [9.17, 15) is 4.79 Å². The van der Waals surface area contributed by atoms with Crippen molar-refractivity contribution < 1.29 is 9.53 Å². The number of hydrogen-bond donors (Lipinski definition) is 1. The van der Waals surface area contributed by atoms with Crippen LogP contribution in [0.25, 0.3) is 0 Å². The fraction of sp³-hybridized carbons (Fsp3) is 0.588. The molecule has 0 spiro atoms. The van der Waals surface area contributed by atoms with E-state index in [0.717, 1.165) is 18.4 Å². The van der Waals surface area contributed by atoms with E-state index >= 15 is 0 Å². The first-order chi connectivity index (χ1) is 10.2. The lowest BCUT2D eigenvalue weighted by molar-refractivity contribution is -0.138. The molecule has 1 aromatic carbocycles. The lowest BCUT2D eigenvalue weighted by Crippen LogP contribution is -2.49. The minimum absolute atomic E-state index is 0. The number of carbonyl (C=O) groups is 1. The van der Waals surface area contributed by atoms with Crippen LogP contribution in [0.5, 0.6) is 0 Å². The molecule has 1 aromatic rings. The van der Waals surface area contributed by atoms with Crippen molar-refractivity contribution in [2.45, 2.75) is 50.4 Å². The van der Waals surface area contributed by atoms with Crippen molar-refractivity contribution >= 4 is 18.3 Å². The second-order valence-electron chi connectivity index (χ2n) is 6.25. The molecule has 3 rings (SSSR count). The largest absolute Gasteiger partial charge is 0.367 e. The molecule has 2 saturated heterocycles. The third kappa shape index (κ3) is 4.22. The van der Waals surface area contributed by atoms with E-state index in [1.54, 1.807) is 0 Å². The molecule has 0 aliphatic carbocycles. The molecule has 2 fully saturated rings. The summed E-state index contributed by atoms with van der Waals surface area (Å²) in [6.07, 6.45) is 4.68. The van der Waals surface area contributed by atoms with Gasteiger partial charge in [-0.05, 0) is 31.2 Å². The molecule has 0 aromatic heterocycles. The molecule has 2 aliphatic heterocycles. The van der Waals surface area contributed by atoms with Crippen molar-refractivity contribution in [2.24, 2.45) is 0 Å². The summed E-state index contributed by atoms with van der Waals surface area (Å²) in [7, 11) is 1.92. The van der Waals surface area contributed by atoms with Gasteiger partial charge in [0.2, 0.25) is 5.91 Å². The molecule has 0 radical (unpaired) electrons. The molecular formula is C17H25ClN2O2. The Morgan fingerprint density at radius 2 is 1.86 bits per heavy atom. The Morgan fingerprint density at radius 1 is 1.23 bits per heavy atom. The zero-order valence-electron chi connectivity index (χ0n) is 13.0. The van der Waals surface area contributed by atoms with Gasteiger partial charge in [-0.15, -0.1) is 12.4 Å². The van der Waals surface area contributed by atoms with Crippen molar-refractivity contribution in [3.8, 4) is 0 Å². The third-order valence-electron chi connectivity index (χ3n) is 4.73. The van der Waals surface area contributed by atoms with Gasteiger partial charge in [0, 0.05) is 25.2 Å². The fourth-order valence-corrected chi connectivity index (χ4v) is 3.48. The van der Waals surface area contributed by atoms with Gasteiger partial charge in [-0.1, -0.05) is 30.3 Å². The normalized spacial score (nSPS) is 26.3. The molecule has 0 saturated carbocycles. The van der Waals surface area contributed by atoms with Crippen LogP contribution in [0, 0.1) is 0 Å². The summed E-state index contributed by atoms with van der Waals surface area (Å²) in [4.78, 5) is 14.1. The maximum Gasteiger partial charge on any atom is 0.248 e. The van der Waals surface area contributed by atoms with Gasteiger partial charge in [0.15, 0.2) is 0 Å². The van der Waals surface area contributed by atoms with Gasteiger partial charge < -0.3 is 15.0 Å². The van der Waals surface area contributed by atoms with Gasteiger partial charge in [0.05, 0.1) is 6.61 Å². The summed E-state index contributed by atoms with van der Waals surface area (Å²) in [5, 5.41) is 3.61. The van der Waals surface area contributed by atoms with Crippen molar-refractivity contribution in [3.63, 3.8) is 0 Å². The summed E-state index contributed by atoms with van der Waals surface area (Å²) >= 11 is 0. The van der Waals surface area contributed by atoms with Crippen LogP contribution in [0.2, 0.25) is 0 Å². The predicted molar refractivity (Wildman–Crippen MR) is 89.1 cm³/mol. The number of ether oxygens (including phenoxy) is 1. The quantitative estimate of drug-likeness (QED) is 0.904. The number of likely N-dealkylation sites (N-methyl/N-ethyl adjacent to an activating group) is 1. The average molecular weight is 325 g/mol. The molecule has 4 nitrogen and oxygen atoms in total. The maximum absolute atomic E-state index is 12.2. The molecule has 1 amide bonds. The third-order valence-corrected chi connectivity index (χ3v) is 4.73. The SMILES string of the molecule is CN(C(=O)COCc1ccccc1)C1CC2CCC(C1)N2.Cl. The zero-order valence-corrected chi connectivity index (χ0v) is 13.8. The highest BCUT2D eigenvalue weighted by atomic mass is 35.5. The lowest BCUT2D eigenvalue weighted by Gasteiger charge is -2.35. The topological polar surface area (TPSA) is 41.6 Å². The molecule has 5 heteroatoms. The Bertz CT molecular complexity index is 471. The van der Waals surface area contributed by atoms with Crippen molar-refractivity contribution in [1.29, 1.82) is 0 Å². The lowest BCUT2D eigenvalue weighted by atomic mass is 9.98. The van der Waals surface area contributed by atoms with Gasteiger partial charge in [0.1, 0.15) is 6.61 Å². The zero-order chi connectivity index (χ0) is 14.7. The van der Waals surface area contributed by atoms with Gasteiger partial charge in [0.25, 0.3) is 0 Å². The second kappa shape index (κ2) is 7.95. The predicted octanol–water partition coefficient (Wildman–Crippen LogP) is 2.37. The van der Waals surface area contributed by atoms with Crippen molar-refractivity contribution in [3.05, 3.63) is 35.9 Å². The number of amides is 1. The van der Waals surface area contributed by atoms with Gasteiger partial charge in [-0.25, -0.2) is 0 Å². The van der Waals surface area contributed by atoms with Gasteiger partial charge in [-0.2, -0.15) is 0 Å². The van der Waals surface area contributed by atoms with Gasteiger partial charge >= 0.3 is 0 Å². The Morgan fingerprint density at radius 3 is 2.50 bits per heavy atom. The Balaban J connectivity index is 0.00000176. The first-order valence-corrected chi connectivity index (χ1v) is 7.86. The molecule has 2 unspecified atom stereocenters. The summed E-state index contributed by atoms with van der Waals surface area (Å²) in [6, 6.07) is 11.6. The summed E-state index contributed by atoms with van der Waals surface area (Å²) < 4.78 is 5.56. The maximum atomic E-state index is 12.2. The molecule has 1 N–H and O–H groups in total. The first kappa shape index (κ1) is 17.3. The van der Waals surface area contributed by atoms with Crippen LogP contribution in [0.4, 0.5) is 0 Å². The number of nitrogens with zero attached hydrogens (tertiary/aromatic N) is 1. The fourth-order valence-electron chi connectivity index (χ4n) is 3.48. The van der Waals surface area contributed by atoms with E-state index < -0.39 is 0 Å². The number of rotatable bonds is 5. The molecule has 122 valence electrons. The smallest absolute Gasteiger partial charge is 0.248 e. The monoisotopic (exact) mass is 324 g/mol. The highest BCUT2D eigenvalue weighted by molar-refractivity contribution is 5.85. The molecule has 2 aliphatic rings. The van der Waals surface area contributed by atoms with Crippen LogP contribution in [0.1, 0.15) is 31.2 Å². The Kier molecular flexibility index (Phi) is 6.24. The highest BCUT2D eigenvalue weighted by Gasteiger charge is 2.36. The van der Waals surface area contributed by atoms with Crippen LogP contribution in [-0.4, -0.2) is 42.6 Å². The number of hydrogen-bond acceptors (Lipinski definition) is 3. The van der Waals surface area contributed by atoms with Crippen LogP contribution in [0.15, 0.2) is 30.3 Å². The van der Waals surface area contributed by atoms with E-state index in [4.69, 9.17) is 4.74 Å². The minimum Gasteiger partial charge on any atom is -0.367 e. The van der Waals surface area contributed by atoms with Gasteiger partial charge in [-0.3, -0.25) is 4.79 Å². The number of piperidine rings is 1. The number of carbonyl (C=O) groups excluding carboxylic acids is 1. The molecular weight excluding hydrogens is 300 g/mol. The minimum atomic E-state index is 0. The molecule has 2 bridgehead atoms. The van der Waals surface area contributed by atoms with Crippen LogP contribution in [0.3, 0.4) is 0 Å². The highest BCUT2D eigenvalue weighted by Crippen LogP contribution is 2.29. The molecule has 2 atom stereocenters. The van der Waals surface area contributed by atoms with Crippen LogP contribution >= 0.6 is 12.4 Å². The Labute approximate surface area is 138 Å². The Hall–Kier alpha value is -1.10. The summed E-state index contributed by atoms with van der Waals surface area (Å²) in [6.45, 7) is 0.669. The average Bonchev–Trinajstić information content (AvgIpc) is 2.85. The summed E-state index contributed by atoms with van der Waals surface area (Å²) in [5.41, 5.74) is 1.10. The standard InChI is InChI=1S/C17H24N2O2.ClH/c1-19(16-9-14-7-8-15(10-16)18-14)17(20)12-21-11-13-5-3-2-4-6-13;/h2-6,14-16,18H,7-12H2,1H3;1H. The van der Waals surface area contributed by atoms with Crippen LogP contribution in [-0.2, 0) is 16.1 Å². The van der Waals surface area contributed by atoms with Crippen molar-refractivity contribution in [1.82, 2.24) is 10.2 Å². The van der Waals surface area contributed by atoms with E-state index in [1.165, 1.54) is 12.8 Å². The van der Waals surface area contributed by atoms with E-state index in [-0.39, 0.29) is 24.9 Å². The van der Waals surface area contributed by atoms with Crippen LogP contribution < -0.4 is 5.32 Å². The molecule has 2 heterocycles.